The number of hydrogen-bond donors (Lipinski definition) is 1. The predicted octanol–water partition coefficient (Wildman–Crippen LogP) is 2.04. The van der Waals surface area contributed by atoms with E-state index in [1.807, 2.05) is 13.8 Å². The van der Waals surface area contributed by atoms with Gasteiger partial charge in [-0.25, -0.2) is 9.20 Å². The molecule has 0 unspecified atom stereocenters. The van der Waals surface area contributed by atoms with Crippen LogP contribution in [0.2, 0.25) is 5.02 Å². The first-order valence-electron chi connectivity index (χ1n) is 10.3. The van der Waals surface area contributed by atoms with Crippen LogP contribution in [0.4, 0.5) is 0 Å². The van der Waals surface area contributed by atoms with Gasteiger partial charge in [-0.2, -0.15) is 4.98 Å². The Morgan fingerprint density at radius 2 is 1.69 bits per heavy atom. The van der Waals surface area contributed by atoms with Crippen molar-refractivity contribution in [2.75, 3.05) is 0 Å². The molecule has 1 N–H and O–H groups in total. The van der Waals surface area contributed by atoms with Crippen LogP contribution in [-0.2, 0) is 27.1 Å². The Morgan fingerprint density at radius 1 is 1.03 bits per heavy atom. The molecule has 0 spiro atoms. The van der Waals surface area contributed by atoms with E-state index in [0.29, 0.717) is 23.8 Å². The van der Waals surface area contributed by atoms with Gasteiger partial charge in [0.25, 0.3) is 11.1 Å². The molecule has 4 rings (SSSR count). The summed E-state index contributed by atoms with van der Waals surface area (Å²) in [5, 5.41) is 11.7. The molecule has 0 saturated carbocycles. The molecule has 10 heteroatoms. The molecule has 3 aromatic heterocycles. The summed E-state index contributed by atoms with van der Waals surface area (Å²) in [4.78, 5) is 43.3. The lowest BCUT2D eigenvalue weighted by atomic mass is 10.0. The van der Waals surface area contributed by atoms with E-state index in [9.17, 15) is 19.5 Å². The van der Waals surface area contributed by atoms with Crippen LogP contribution in [0.15, 0.2) is 38.6 Å². The summed E-state index contributed by atoms with van der Waals surface area (Å²) in [6, 6.07) is 7.04. The molecular formula is C22H24ClN5O4. The number of hydrogen-bond acceptors (Lipinski definition) is 5. The van der Waals surface area contributed by atoms with Crippen molar-refractivity contribution in [1.82, 2.24) is 23.1 Å². The summed E-state index contributed by atoms with van der Waals surface area (Å²) in [5.41, 5.74) is -0.392. The van der Waals surface area contributed by atoms with Crippen molar-refractivity contribution < 1.29 is 5.11 Å². The van der Waals surface area contributed by atoms with Gasteiger partial charge in [-0.1, -0.05) is 37.6 Å². The van der Waals surface area contributed by atoms with Crippen LogP contribution in [0.5, 0.6) is 5.88 Å². The molecule has 0 bridgehead atoms. The number of halogens is 1. The minimum atomic E-state index is -0.600. The van der Waals surface area contributed by atoms with E-state index >= 15 is 0 Å². The summed E-state index contributed by atoms with van der Waals surface area (Å²) >= 11 is 5.99. The number of rotatable bonds is 5. The minimum Gasteiger partial charge on any atom is -0.494 e. The molecular weight excluding hydrogens is 434 g/mol. The molecule has 0 aliphatic carbocycles. The summed E-state index contributed by atoms with van der Waals surface area (Å²) < 4.78 is 4.89. The van der Waals surface area contributed by atoms with Gasteiger partial charge in [0.15, 0.2) is 11.2 Å². The van der Waals surface area contributed by atoms with Gasteiger partial charge in [0, 0.05) is 19.1 Å². The molecule has 1 aromatic carbocycles. The standard InChI is InChI=1S/C22H24ClN5O4/c1-12(2)5-10-15-18(29)27(11-13-6-8-14(23)9-7-13)21-24-17-16(28(21)19(15)30)20(31)26(4)22(32)25(17)3/h6-9,12,30H,5,10-11H2,1-4H3. The summed E-state index contributed by atoms with van der Waals surface area (Å²) in [5.74, 6) is 0.0720. The highest BCUT2D eigenvalue weighted by Crippen LogP contribution is 2.23. The normalized spacial score (nSPS) is 11.8. The average molecular weight is 458 g/mol. The SMILES string of the molecule is CC(C)CCc1c(O)n2c3c(=O)n(C)c(=O)n(C)c3nc2n(Cc2ccc(Cl)cc2)c1=O. The monoisotopic (exact) mass is 457 g/mol. The third-order valence-corrected chi connectivity index (χ3v) is 5.94. The topological polar surface area (TPSA) is 104 Å². The Bertz CT molecular complexity index is 1520. The Hall–Kier alpha value is -3.33. The lowest BCUT2D eigenvalue weighted by molar-refractivity contribution is 0.429. The predicted molar refractivity (Wildman–Crippen MR) is 123 cm³/mol. The Morgan fingerprint density at radius 3 is 2.31 bits per heavy atom. The second-order valence-corrected chi connectivity index (χ2v) is 8.81. The Kier molecular flexibility index (Phi) is 5.46. The molecule has 0 aliphatic heterocycles. The van der Waals surface area contributed by atoms with Crippen molar-refractivity contribution in [3.63, 3.8) is 0 Å². The average Bonchev–Trinajstić information content (AvgIpc) is 3.15. The first kappa shape index (κ1) is 21.9. The lowest BCUT2D eigenvalue weighted by Crippen LogP contribution is -2.37. The zero-order valence-corrected chi connectivity index (χ0v) is 19.0. The van der Waals surface area contributed by atoms with Gasteiger partial charge < -0.3 is 5.11 Å². The second-order valence-electron chi connectivity index (χ2n) is 8.38. The van der Waals surface area contributed by atoms with Gasteiger partial charge in [0.2, 0.25) is 11.7 Å². The van der Waals surface area contributed by atoms with Crippen molar-refractivity contribution in [2.24, 2.45) is 20.0 Å². The van der Waals surface area contributed by atoms with Crippen molar-refractivity contribution in [1.29, 1.82) is 0 Å². The first-order valence-corrected chi connectivity index (χ1v) is 10.7. The molecule has 0 atom stereocenters. The summed E-state index contributed by atoms with van der Waals surface area (Å²) in [7, 11) is 2.86. The third kappa shape index (κ3) is 3.42. The Balaban J connectivity index is 2.12. The number of benzene rings is 1. The van der Waals surface area contributed by atoms with Gasteiger partial charge in [0.05, 0.1) is 12.1 Å². The fourth-order valence-corrected chi connectivity index (χ4v) is 3.94. The highest BCUT2D eigenvalue weighted by molar-refractivity contribution is 6.30. The fraction of sp³-hybridized carbons (Fsp3) is 0.364. The van der Waals surface area contributed by atoms with Gasteiger partial charge in [-0.15, -0.1) is 0 Å². The number of aromatic nitrogens is 5. The quantitative estimate of drug-likeness (QED) is 0.494. The second kappa shape index (κ2) is 7.98. The van der Waals surface area contributed by atoms with E-state index < -0.39 is 11.2 Å². The molecule has 32 heavy (non-hydrogen) atoms. The maximum Gasteiger partial charge on any atom is 0.332 e. The molecule has 0 saturated heterocycles. The number of aromatic hydroxyl groups is 1. The Labute approximate surface area is 187 Å². The van der Waals surface area contributed by atoms with E-state index in [1.54, 1.807) is 24.3 Å². The van der Waals surface area contributed by atoms with E-state index in [0.717, 1.165) is 10.1 Å². The van der Waals surface area contributed by atoms with Crippen LogP contribution >= 0.6 is 11.6 Å². The van der Waals surface area contributed by atoms with Gasteiger partial charge in [-0.05, 0) is 36.5 Å². The van der Waals surface area contributed by atoms with E-state index in [4.69, 9.17) is 11.6 Å². The van der Waals surface area contributed by atoms with Crippen LogP contribution in [0.25, 0.3) is 16.9 Å². The van der Waals surface area contributed by atoms with Gasteiger partial charge in [-0.3, -0.25) is 23.3 Å². The number of imidazole rings is 1. The molecule has 3 heterocycles. The number of aryl methyl sites for hydroxylation is 1. The van der Waals surface area contributed by atoms with Crippen LogP contribution in [0, 0.1) is 5.92 Å². The summed E-state index contributed by atoms with van der Waals surface area (Å²) in [6.07, 6.45) is 1.02. The molecule has 0 aliphatic rings. The van der Waals surface area contributed by atoms with E-state index in [-0.39, 0.29) is 40.5 Å². The smallest absolute Gasteiger partial charge is 0.332 e. The van der Waals surface area contributed by atoms with Gasteiger partial charge >= 0.3 is 5.69 Å². The van der Waals surface area contributed by atoms with Crippen molar-refractivity contribution in [3.05, 3.63) is 71.6 Å². The zero-order chi connectivity index (χ0) is 23.3. The van der Waals surface area contributed by atoms with Crippen molar-refractivity contribution in [2.45, 2.75) is 33.2 Å². The zero-order valence-electron chi connectivity index (χ0n) is 18.3. The van der Waals surface area contributed by atoms with Crippen LogP contribution < -0.4 is 16.8 Å². The molecule has 0 amide bonds. The molecule has 0 radical (unpaired) electrons. The number of fused-ring (bicyclic) bond motifs is 3. The maximum atomic E-state index is 13.4. The molecule has 168 valence electrons. The van der Waals surface area contributed by atoms with Crippen molar-refractivity contribution >= 4 is 28.5 Å². The number of nitrogens with zero attached hydrogens (tertiary/aromatic N) is 5. The maximum absolute atomic E-state index is 13.4. The minimum absolute atomic E-state index is 0.0396. The van der Waals surface area contributed by atoms with Crippen molar-refractivity contribution in [3.8, 4) is 5.88 Å². The lowest BCUT2D eigenvalue weighted by Gasteiger charge is -2.14. The molecule has 9 nitrogen and oxygen atoms in total. The highest BCUT2D eigenvalue weighted by atomic mass is 35.5. The first-order chi connectivity index (χ1) is 15.1. The van der Waals surface area contributed by atoms with Crippen LogP contribution in [0.1, 0.15) is 31.4 Å². The van der Waals surface area contributed by atoms with Gasteiger partial charge in [0.1, 0.15) is 0 Å². The molecule has 4 aromatic rings. The van der Waals surface area contributed by atoms with E-state index in [2.05, 4.69) is 4.98 Å². The molecule has 0 fully saturated rings. The third-order valence-electron chi connectivity index (χ3n) is 5.69. The van der Waals surface area contributed by atoms with Crippen LogP contribution in [0.3, 0.4) is 0 Å². The summed E-state index contributed by atoms with van der Waals surface area (Å²) in [6.45, 7) is 4.21. The van der Waals surface area contributed by atoms with E-state index in [1.165, 1.54) is 27.6 Å². The van der Waals surface area contributed by atoms with Crippen LogP contribution in [-0.4, -0.2) is 28.2 Å². The largest absolute Gasteiger partial charge is 0.494 e. The fourth-order valence-electron chi connectivity index (χ4n) is 3.82. The highest BCUT2D eigenvalue weighted by Gasteiger charge is 2.24.